The molecule has 0 saturated carbocycles. The van der Waals surface area contributed by atoms with Crippen LogP contribution < -0.4 is 5.32 Å². The topological polar surface area (TPSA) is 12.0 Å². The maximum Gasteiger partial charge on any atom is 0.145 e. The van der Waals surface area contributed by atoms with Gasteiger partial charge in [0.05, 0.1) is 5.02 Å². The quantitative estimate of drug-likeness (QED) is 0.844. The Hall–Kier alpha value is -0.600. The molecule has 1 rings (SSSR count). The van der Waals surface area contributed by atoms with Gasteiger partial charge >= 0.3 is 0 Å². The van der Waals surface area contributed by atoms with E-state index < -0.39 is 0 Å². The predicted octanol–water partition coefficient (Wildman–Crippen LogP) is 3.90. The first-order valence-corrected chi connectivity index (χ1v) is 6.45. The molecule has 3 heteroatoms. The van der Waals surface area contributed by atoms with Crippen LogP contribution in [0.25, 0.3) is 0 Å². The Morgan fingerprint density at radius 3 is 2.47 bits per heavy atom. The second kappa shape index (κ2) is 6.36. The van der Waals surface area contributed by atoms with Crippen LogP contribution in [0.4, 0.5) is 4.39 Å². The Morgan fingerprint density at radius 1 is 1.29 bits per heavy atom. The first kappa shape index (κ1) is 14.5. The molecule has 0 aliphatic rings. The van der Waals surface area contributed by atoms with Crippen molar-refractivity contribution in [3.05, 3.63) is 34.6 Å². The summed E-state index contributed by atoms with van der Waals surface area (Å²) in [5.74, 6) is 0.762. The lowest BCUT2D eigenvalue weighted by Gasteiger charge is -2.27. The third-order valence-electron chi connectivity index (χ3n) is 3.53. The zero-order valence-corrected chi connectivity index (χ0v) is 11.7. The lowest BCUT2D eigenvalue weighted by molar-refractivity contribution is 0.308. The molecule has 2 atom stereocenters. The van der Waals surface area contributed by atoms with Crippen molar-refractivity contribution in [2.45, 2.75) is 33.2 Å². The Balaban J connectivity index is 2.84. The van der Waals surface area contributed by atoms with E-state index in [0.29, 0.717) is 23.8 Å². The monoisotopic (exact) mass is 257 g/mol. The van der Waals surface area contributed by atoms with Crippen molar-refractivity contribution in [1.29, 1.82) is 0 Å². The predicted molar refractivity (Wildman–Crippen MR) is 72.0 cm³/mol. The fourth-order valence-electron chi connectivity index (χ4n) is 1.96. The first-order valence-electron chi connectivity index (χ1n) is 6.07. The van der Waals surface area contributed by atoms with Gasteiger partial charge in [0.15, 0.2) is 0 Å². The maximum atomic E-state index is 13.8. The molecule has 0 amide bonds. The third-order valence-corrected chi connectivity index (χ3v) is 3.82. The van der Waals surface area contributed by atoms with E-state index in [9.17, 15) is 4.39 Å². The maximum absolute atomic E-state index is 13.8. The number of nitrogens with one attached hydrogen (secondary N) is 1. The molecule has 1 nitrogen and oxygen atoms in total. The second-order valence-corrected chi connectivity index (χ2v) is 5.32. The Kier molecular flexibility index (Phi) is 5.41. The molecule has 0 saturated heterocycles. The molecule has 0 aliphatic carbocycles. The van der Waals surface area contributed by atoms with Crippen LogP contribution in [0.3, 0.4) is 0 Å². The average Bonchev–Trinajstić information content (AvgIpc) is 2.30. The molecular formula is C14H21ClFN. The van der Waals surface area contributed by atoms with E-state index in [-0.39, 0.29) is 16.9 Å². The minimum atomic E-state index is -0.287. The number of hydrogen-bond acceptors (Lipinski definition) is 1. The molecule has 1 N–H and O–H groups in total. The van der Waals surface area contributed by atoms with E-state index in [1.165, 1.54) is 0 Å². The number of benzene rings is 1. The van der Waals surface area contributed by atoms with Gasteiger partial charge in [0, 0.05) is 6.04 Å². The lowest BCUT2D eigenvalue weighted by atomic mass is 9.86. The number of likely N-dealkylation sites (N-methyl/N-ethyl adjacent to an activating group) is 1. The van der Waals surface area contributed by atoms with Crippen molar-refractivity contribution >= 4 is 11.6 Å². The minimum absolute atomic E-state index is 0.203. The van der Waals surface area contributed by atoms with Crippen molar-refractivity contribution in [3.63, 3.8) is 0 Å². The van der Waals surface area contributed by atoms with Crippen LogP contribution in [-0.4, -0.2) is 13.1 Å². The third kappa shape index (κ3) is 3.68. The largest absolute Gasteiger partial charge is 0.316 e. The Labute approximate surface area is 108 Å². The highest BCUT2D eigenvalue weighted by Crippen LogP contribution is 2.22. The van der Waals surface area contributed by atoms with E-state index in [4.69, 9.17) is 11.6 Å². The zero-order chi connectivity index (χ0) is 13.0. The standard InChI is InChI=1S/C14H21ClFN/c1-9(2)10(3)13(17-4)8-11-6-5-7-12(15)14(11)16/h5-7,9-10,13,17H,8H2,1-4H3. The molecule has 17 heavy (non-hydrogen) atoms. The van der Waals surface area contributed by atoms with Crippen LogP contribution in [-0.2, 0) is 6.42 Å². The minimum Gasteiger partial charge on any atom is -0.316 e. The van der Waals surface area contributed by atoms with Crippen LogP contribution in [0.15, 0.2) is 18.2 Å². The van der Waals surface area contributed by atoms with Crippen molar-refractivity contribution in [1.82, 2.24) is 5.32 Å². The zero-order valence-electron chi connectivity index (χ0n) is 10.9. The summed E-state index contributed by atoms with van der Waals surface area (Å²) >= 11 is 5.79. The highest BCUT2D eigenvalue weighted by Gasteiger charge is 2.20. The van der Waals surface area contributed by atoms with Gasteiger partial charge in [-0.3, -0.25) is 0 Å². The molecular weight excluding hydrogens is 237 g/mol. The highest BCUT2D eigenvalue weighted by molar-refractivity contribution is 6.30. The Bertz CT molecular complexity index is 365. The van der Waals surface area contributed by atoms with Crippen molar-refractivity contribution in [3.8, 4) is 0 Å². The van der Waals surface area contributed by atoms with E-state index in [2.05, 4.69) is 26.1 Å². The van der Waals surface area contributed by atoms with Gasteiger partial charge in [-0.2, -0.15) is 0 Å². The van der Waals surface area contributed by atoms with Crippen LogP contribution in [0, 0.1) is 17.7 Å². The number of hydrogen-bond donors (Lipinski definition) is 1. The smallest absolute Gasteiger partial charge is 0.145 e. The van der Waals surface area contributed by atoms with Gasteiger partial charge in [-0.1, -0.05) is 44.5 Å². The van der Waals surface area contributed by atoms with Crippen molar-refractivity contribution < 1.29 is 4.39 Å². The summed E-state index contributed by atoms with van der Waals surface area (Å²) in [4.78, 5) is 0. The summed E-state index contributed by atoms with van der Waals surface area (Å²) in [7, 11) is 1.92. The second-order valence-electron chi connectivity index (χ2n) is 4.92. The molecule has 0 aromatic heterocycles. The van der Waals surface area contributed by atoms with Crippen LogP contribution in [0.2, 0.25) is 5.02 Å². The fourth-order valence-corrected chi connectivity index (χ4v) is 2.15. The van der Waals surface area contributed by atoms with Gasteiger partial charge in [-0.15, -0.1) is 0 Å². The normalized spacial score (nSPS) is 15.0. The molecule has 2 unspecified atom stereocenters. The molecule has 0 bridgehead atoms. The summed E-state index contributed by atoms with van der Waals surface area (Å²) in [6, 6.07) is 5.45. The van der Waals surface area contributed by atoms with Gasteiger partial charge in [-0.05, 0) is 36.9 Å². The molecule has 0 radical (unpaired) electrons. The van der Waals surface area contributed by atoms with Gasteiger partial charge in [0.1, 0.15) is 5.82 Å². The molecule has 1 aromatic rings. The lowest BCUT2D eigenvalue weighted by Crippen LogP contribution is -2.36. The van der Waals surface area contributed by atoms with Gasteiger partial charge in [0.25, 0.3) is 0 Å². The van der Waals surface area contributed by atoms with Crippen LogP contribution >= 0.6 is 11.6 Å². The fraction of sp³-hybridized carbons (Fsp3) is 0.571. The van der Waals surface area contributed by atoms with Crippen LogP contribution in [0.1, 0.15) is 26.3 Å². The molecule has 0 heterocycles. The van der Waals surface area contributed by atoms with Gasteiger partial charge < -0.3 is 5.32 Å². The van der Waals surface area contributed by atoms with Gasteiger partial charge in [-0.25, -0.2) is 4.39 Å². The first-order chi connectivity index (χ1) is 7.97. The molecule has 0 aliphatic heterocycles. The van der Waals surface area contributed by atoms with E-state index >= 15 is 0 Å². The van der Waals surface area contributed by atoms with Crippen molar-refractivity contribution in [2.24, 2.45) is 11.8 Å². The SMILES string of the molecule is CNC(Cc1cccc(Cl)c1F)C(C)C(C)C. The summed E-state index contributed by atoms with van der Waals surface area (Å²) < 4.78 is 13.8. The highest BCUT2D eigenvalue weighted by atomic mass is 35.5. The molecule has 0 spiro atoms. The van der Waals surface area contributed by atoms with E-state index in [1.54, 1.807) is 18.2 Å². The summed E-state index contributed by atoms with van der Waals surface area (Å²) in [5, 5.41) is 3.47. The van der Waals surface area contributed by atoms with E-state index in [1.807, 2.05) is 7.05 Å². The Morgan fingerprint density at radius 2 is 1.94 bits per heavy atom. The molecule has 1 aromatic carbocycles. The number of halogens is 2. The summed E-state index contributed by atoms with van der Waals surface area (Å²) in [6.07, 6.45) is 0.669. The van der Waals surface area contributed by atoms with Crippen molar-refractivity contribution in [2.75, 3.05) is 7.05 Å². The summed E-state index contributed by atoms with van der Waals surface area (Å²) in [5.41, 5.74) is 0.685. The number of rotatable bonds is 5. The van der Waals surface area contributed by atoms with E-state index in [0.717, 1.165) is 0 Å². The average molecular weight is 258 g/mol. The van der Waals surface area contributed by atoms with Crippen LogP contribution in [0.5, 0.6) is 0 Å². The summed E-state index contributed by atoms with van der Waals surface area (Å²) in [6.45, 7) is 6.56. The van der Waals surface area contributed by atoms with Gasteiger partial charge in [0.2, 0.25) is 0 Å². The molecule has 96 valence electrons. The molecule has 0 fully saturated rings.